The fourth-order valence-electron chi connectivity index (χ4n) is 2.99. The molecule has 0 aliphatic carbocycles. The van der Waals surface area contributed by atoms with E-state index in [0.29, 0.717) is 17.0 Å². The number of carbonyl (C=O) groups excluding carboxylic acids is 1. The summed E-state index contributed by atoms with van der Waals surface area (Å²) in [7, 11) is 0. The van der Waals surface area contributed by atoms with Crippen LogP contribution in [0.15, 0.2) is 60.7 Å². The lowest BCUT2D eigenvalue weighted by molar-refractivity contribution is -0.384. The van der Waals surface area contributed by atoms with Gasteiger partial charge in [-0.05, 0) is 31.2 Å². The van der Waals surface area contributed by atoms with E-state index in [1.54, 1.807) is 16.6 Å². The molecule has 0 saturated carbocycles. The molecule has 0 atom stereocenters. The maximum Gasteiger partial charge on any atom is 0.412 e. The molecule has 0 bridgehead atoms. The predicted molar refractivity (Wildman–Crippen MR) is 114 cm³/mol. The first kappa shape index (κ1) is 20.3. The van der Waals surface area contributed by atoms with Crippen molar-refractivity contribution in [1.82, 2.24) is 19.9 Å². The van der Waals surface area contributed by atoms with Gasteiger partial charge in [-0.2, -0.15) is 5.10 Å². The second-order valence-electron chi connectivity index (χ2n) is 6.69. The second kappa shape index (κ2) is 8.41. The lowest BCUT2D eigenvalue weighted by Crippen LogP contribution is -2.27. The zero-order valence-corrected chi connectivity index (χ0v) is 17.0. The minimum Gasteiger partial charge on any atom is -0.410 e. The number of ether oxygens (including phenoxy) is 1. The summed E-state index contributed by atoms with van der Waals surface area (Å²) in [6, 6.07) is 16.4. The van der Waals surface area contributed by atoms with Crippen LogP contribution in [0.4, 0.5) is 10.5 Å². The van der Waals surface area contributed by atoms with Crippen LogP contribution < -0.4 is 10.1 Å². The summed E-state index contributed by atoms with van der Waals surface area (Å²) in [6.45, 7) is 2.06. The van der Waals surface area contributed by atoms with Crippen molar-refractivity contribution >= 4 is 29.0 Å². The molecule has 10 heteroatoms. The maximum absolute atomic E-state index is 12.3. The number of rotatable bonds is 5. The number of aromatic nitrogens is 3. The van der Waals surface area contributed by atoms with Gasteiger partial charge in [0, 0.05) is 17.7 Å². The molecule has 0 unspecified atom stereocenters. The number of fused-ring (bicyclic) bond motifs is 1. The van der Waals surface area contributed by atoms with Crippen molar-refractivity contribution in [2.75, 3.05) is 0 Å². The third kappa shape index (κ3) is 4.46. The number of hydrogen-bond acceptors (Lipinski definition) is 6. The quantitative estimate of drug-likeness (QED) is 0.362. The van der Waals surface area contributed by atoms with Gasteiger partial charge in [0.25, 0.3) is 5.69 Å². The standard InChI is InChI=1S/C21H16ClN5O4/c1-13-2-4-14(5-3-13)20-17(26-19(24-20)11-10-18(22)25-26)12-23-21(28)31-16-8-6-15(7-9-16)27(29)30/h2-11H,12H2,1H3,(H,23,28). The first-order valence-corrected chi connectivity index (χ1v) is 9.60. The molecule has 0 spiro atoms. The minimum atomic E-state index is -0.722. The van der Waals surface area contributed by atoms with Gasteiger partial charge >= 0.3 is 6.09 Å². The molecule has 0 aliphatic heterocycles. The van der Waals surface area contributed by atoms with Crippen LogP contribution in [-0.2, 0) is 6.54 Å². The average molecular weight is 438 g/mol. The van der Waals surface area contributed by atoms with Crippen molar-refractivity contribution in [3.05, 3.63) is 87.2 Å². The molecule has 2 heterocycles. The summed E-state index contributed by atoms with van der Waals surface area (Å²) in [5, 5.41) is 18.0. The molecule has 156 valence electrons. The maximum atomic E-state index is 12.3. The number of aryl methyl sites for hydroxylation is 1. The van der Waals surface area contributed by atoms with Crippen LogP contribution in [0.5, 0.6) is 5.75 Å². The molecule has 0 aliphatic rings. The van der Waals surface area contributed by atoms with Gasteiger partial charge in [0.15, 0.2) is 5.65 Å². The summed E-state index contributed by atoms with van der Waals surface area (Å²) >= 11 is 6.05. The zero-order chi connectivity index (χ0) is 22.0. The smallest absolute Gasteiger partial charge is 0.410 e. The molecular weight excluding hydrogens is 422 g/mol. The fraction of sp³-hybridized carbons (Fsp3) is 0.0952. The highest BCUT2D eigenvalue weighted by molar-refractivity contribution is 6.29. The van der Waals surface area contributed by atoms with Crippen LogP contribution in [0.3, 0.4) is 0 Å². The molecule has 0 saturated heterocycles. The van der Waals surface area contributed by atoms with Crippen LogP contribution in [-0.4, -0.2) is 25.6 Å². The molecule has 2 aromatic heterocycles. The topological polar surface area (TPSA) is 112 Å². The normalized spacial score (nSPS) is 10.8. The van der Waals surface area contributed by atoms with E-state index in [4.69, 9.17) is 16.3 Å². The highest BCUT2D eigenvalue weighted by Gasteiger charge is 2.17. The van der Waals surface area contributed by atoms with Crippen molar-refractivity contribution in [3.8, 4) is 17.0 Å². The van der Waals surface area contributed by atoms with Crippen molar-refractivity contribution in [3.63, 3.8) is 0 Å². The minimum absolute atomic E-state index is 0.0729. The number of non-ortho nitro benzene ring substituents is 1. The largest absolute Gasteiger partial charge is 0.412 e. The van der Waals surface area contributed by atoms with Crippen molar-refractivity contribution in [2.24, 2.45) is 0 Å². The van der Waals surface area contributed by atoms with Crippen LogP contribution in [0.1, 0.15) is 11.3 Å². The van der Waals surface area contributed by atoms with Crippen molar-refractivity contribution < 1.29 is 14.5 Å². The van der Waals surface area contributed by atoms with E-state index in [1.165, 1.54) is 24.3 Å². The Morgan fingerprint density at radius 1 is 1.13 bits per heavy atom. The molecular formula is C21H16ClN5O4. The monoisotopic (exact) mass is 437 g/mol. The number of nitro groups is 1. The fourth-order valence-corrected chi connectivity index (χ4v) is 3.13. The van der Waals surface area contributed by atoms with Crippen LogP contribution in [0, 0.1) is 17.0 Å². The van der Waals surface area contributed by atoms with Gasteiger partial charge in [0.05, 0.1) is 22.9 Å². The number of carbonyl (C=O) groups is 1. The first-order chi connectivity index (χ1) is 14.9. The highest BCUT2D eigenvalue weighted by atomic mass is 35.5. The third-order valence-corrected chi connectivity index (χ3v) is 4.72. The van der Waals surface area contributed by atoms with E-state index < -0.39 is 11.0 Å². The van der Waals surface area contributed by atoms with Crippen molar-refractivity contribution in [1.29, 1.82) is 0 Å². The third-order valence-electron chi connectivity index (χ3n) is 4.52. The number of amides is 1. The van der Waals surface area contributed by atoms with Crippen LogP contribution >= 0.6 is 11.6 Å². The van der Waals surface area contributed by atoms with E-state index in [0.717, 1.165) is 11.1 Å². The Morgan fingerprint density at radius 2 is 1.84 bits per heavy atom. The molecule has 4 rings (SSSR count). The van der Waals surface area contributed by atoms with Crippen LogP contribution in [0.25, 0.3) is 16.9 Å². The van der Waals surface area contributed by atoms with E-state index in [-0.39, 0.29) is 23.1 Å². The number of benzene rings is 2. The van der Waals surface area contributed by atoms with E-state index in [2.05, 4.69) is 15.4 Å². The predicted octanol–water partition coefficient (Wildman–Crippen LogP) is 4.55. The number of hydrogen-bond donors (Lipinski definition) is 1. The number of nitrogens with zero attached hydrogens (tertiary/aromatic N) is 4. The Labute approximate surface area is 181 Å². The molecule has 31 heavy (non-hydrogen) atoms. The SMILES string of the molecule is Cc1ccc(-c2nc3ccc(Cl)nn3c2CNC(=O)Oc2ccc([N+](=O)[O-])cc2)cc1. The van der Waals surface area contributed by atoms with Crippen molar-refractivity contribution in [2.45, 2.75) is 13.5 Å². The van der Waals surface area contributed by atoms with Gasteiger partial charge in [-0.25, -0.2) is 14.3 Å². The Hall–Kier alpha value is -3.98. The Balaban J connectivity index is 1.57. The molecule has 2 aromatic carbocycles. The summed E-state index contributed by atoms with van der Waals surface area (Å²) < 4.78 is 6.77. The molecule has 0 fully saturated rings. The molecule has 1 amide bonds. The average Bonchev–Trinajstić information content (AvgIpc) is 3.10. The molecule has 0 radical (unpaired) electrons. The Morgan fingerprint density at radius 3 is 2.52 bits per heavy atom. The summed E-state index contributed by atoms with van der Waals surface area (Å²) in [6.07, 6.45) is -0.722. The second-order valence-corrected chi connectivity index (χ2v) is 7.08. The number of halogens is 1. The van der Waals surface area contributed by atoms with Crippen LogP contribution in [0.2, 0.25) is 5.15 Å². The van der Waals surface area contributed by atoms with E-state index in [9.17, 15) is 14.9 Å². The first-order valence-electron chi connectivity index (χ1n) is 9.22. The molecule has 9 nitrogen and oxygen atoms in total. The van der Waals surface area contributed by atoms with Gasteiger partial charge in [-0.3, -0.25) is 10.1 Å². The summed E-state index contributed by atoms with van der Waals surface area (Å²) in [5.74, 6) is 0.182. The summed E-state index contributed by atoms with van der Waals surface area (Å²) in [4.78, 5) is 27.1. The number of nitro benzene ring substituents is 1. The van der Waals surface area contributed by atoms with E-state index >= 15 is 0 Å². The Kier molecular flexibility index (Phi) is 5.50. The zero-order valence-electron chi connectivity index (χ0n) is 16.3. The number of imidazole rings is 1. The van der Waals surface area contributed by atoms with Gasteiger partial charge in [-0.15, -0.1) is 0 Å². The molecule has 4 aromatic rings. The Bertz CT molecular complexity index is 1270. The van der Waals surface area contributed by atoms with Gasteiger partial charge in [0.1, 0.15) is 10.9 Å². The highest BCUT2D eigenvalue weighted by Crippen LogP contribution is 2.25. The lowest BCUT2D eigenvalue weighted by Gasteiger charge is -2.08. The van der Waals surface area contributed by atoms with Gasteiger partial charge < -0.3 is 10.1 Å². The molecule has 1 N–H and O–H groups in total. The summed E-state index contributed by atoms with van der Waals surface area (Å²) in [5.41, 5.74) is 3.75. The number of nitrogens with one attached hydrogen (secondary N) is 1. The van der Waals surface area contributed by atoms with E-state index in [1.807, 2.05) is 31.2 Å². The van der Waals surface area contributed by atoms with Gasteiger partial charge in [-0.1, -0.05) is 41.4 Å². The lowest BCUT2D eigenvalue weighted by atomic mass is 10.1. The van der Waals surface area contributed by atoms with Gasteiger partial charge in [0.2, 0.25) is 0 Å².